The summed E-state index contributed by atoms with van der Waals surface area (Å²) in [5, 5.41) is 14.8. The summed E-state index contributed by atoms with van der Waals surface area (Å²) in [4.78, 5) is 53.7. The van der Waals surface area contributed by atoms with Crippen LogP contribution in [-0.2, 0) is 23.7 Å². The monoisotopic (exact) mass is 887 g/mol. The third-order valence-corrected chi connectivity index (χ3v) is 14.0. The topological polar surface area (TPSA) is 155 Å². The van der Waals surface area contributed by atoms with Crippen LogP contribution < -0.4 is 36.0 Å². The molecule has 4 atom stereocenters. The van der Waals surface area contributed by atoms with Crippen LogP contribution >= 0.6 is 11.6 Å². The SMILES string of the molecule is C[C@@H]1CN(c2ncc(Cl)c(Nc3ccc4c(c3)c3c(c(=O)n4C)OCC(F)(F)[C@H](C4CC4)N3)n2)CC[C@@H]1CN1CCN(c2cc3c(cc2F)c(C2CCC(=O)NC2=O)nn3C)CC1. The van der Waals surface area contributed by atoms with Crippen molar-refractivity contribution in [2.45, 2.75) is 56.9 Å². The van der Waals surface area contributed by atoms with Gasteiger partial charge in [-0.25, -0.2) is 18.2 Å². The molecule has 0 spiro atoms. The third-order valence-electron chi connectivity index (χ3n) is 13.7. The Morgan fingerprint density at radius 3 is 2.51 bits per heavy atom. The molecule has 3 N–H and O–H groups in total. The predicted molar refractivity (Wildman–Crippen MR) is 234 cm³/mol. The highest BCUT2D eigenvalue weighted by Crippen LogP contribution is 2.46. The van der Waals surface area contributed by atoms with Crippen LogP contribution in [0.15, 0.2) is 41.3 Å². The van der Waals surface area contributed by atoms with Gasteiger partial charge >= 0.3 is 5.92 Å². The van der Waals surface area contributed by atoms with E-state index in [1.165, 1.54) is 10.6 Å². The molecule has 0 radical (unpaired) electrons. The smallest absolute Gasteiger partial charge is 0.301 e. The maximum Gasteiger partial charge on any atom is 0.301 e. The average molecular weight is 888 g/mol. The van der Waals surface area contributed by atoms with E-state index < -0.39 is 36.0 Å². The van der Waals surface area contributed by atoms with Crippen LogP contribution in [0.4, 0.5) is 42.0 Å². The summed E-state index contributed by atoms with van der Waals surface area (Å²) in [6, 6.07) is 7.51. The van der Waals surface area contributed by atoms with Crippen LogP contribution in [0.25, 0.3) is 21.8 Å². The van der Waals surface area contributed by atoms with E-state index in [4.69, 9.17) is 21.3 Å². The van der Waals surface area contributed by atoms with E-state index in [0.29, 0.717) is 94.3 Å². The number of rotatable bonds is 8. The van der Waals surface area contributed by atoms with E-state index in [1.807, 2.05) is 6.07 Å². The Bertz CT molecular complexity index is 2720. The molecule has 10 rings (SSSR count). The number of alkyl halides is 2. The first kappa shape index (κ1) is 41.4. The van der Waals surface area contributed by atoms with E-state index in [0.717, 1.165) is 44.7 Å². The zero-order chi connectivity index (χ0) is 43.9. The molecule has 15 nitrogen and oxygen atoms in total. The Morgan fingerprint density at radius 1 is 0.968 bits per heavy atom. The Balaban J connectivity index is 0.784. The van der Waals surface area contributed by atoms with Crippen molar-refractivity contribution in [1.29, 1.82) is 0 Å². The number of aromatic nitrogens is 5. The number of anilines is 5. The van der Waals surface area contributed by atoms with Gasteiger partial charge in [-0.3, -0.25) is 29.3 Å². The van der Waals surface area contributed by atoms with Crippen molar-refractivity contribution in [1.82, 2.24) is 34.5 Å². The maximum atomic E-state index is 15.8. The van der Waals surface area contributed by atoms with Crippen molar-refractivity contribution in [2.24, 2.45) is 31.8 Å². The van der Waals surface area contributed by atoms with Crippen LogP contribution in [0.2, 0.25) is 5.02 Å². The molecule has 19 heteroatoms. The molecule has 2 amide bonds. The van der Waals surface area contributed by atoms with E-state index in [-0.39, 0.29) is 35.5 Å². The molecule has 5 aromatic rings. The summed E-state index contributed by atoms with van der Waals surface area (Å²) in [7, 11) is 3.38. The van der Waals surface area contributed by atoms with Gasteiger partial charge in [0, 0.05) is 82.8 Å². The molecule has 4 fully saturated rings. The summed E-state index contributed by atoms with van der Waals surface area (Å²) in [5.41, 5.74) is 2.69. The number of amides is 2. The number of carbonyl (C=O) groups excluding carboxylic acids is 2. The number of fused-ring (bicyclic) bond motifs is 4. The Morgan fingerprint density at radius 2 is 1.76 bits per heavy atom. The summed E-state index contributed by atoms with van der Waals surface area (Å²) in [6.45, 7) is 6.71. The predicted octanol–water partition coefficient (Wildman–Crippen LogP) is 5.77. The molecule has 3 saturated heterocycles. The fourth-order valence-electron chi connectivity index (χ4n) is 9.92. The quantitative estimate of drug-likeness (QED) is 0.162. The molecule has 2 aromatic carbocycles. The molecular formula is C44H49ClF3N11O4. The minimum absolute atomic E-state index is 0.119. The van der Waals surface area contributed by atoms with Gasteiger partial charge in [0.15, 0.2) is 12.4 Å². The third kappa shape index (κ3) is 7.68. The maximum absolute atomic E-state index is 15.8. The first-order valence-electron chi connectivity index (χ1n) is 21.7. The minimum atomic E-state index is -3.14. The van der Waals surface area contributed by atoms with E-state index in [2.05, 4.69) is 47.7 Å². The van der Waals surface area contributed by atoms with Crippen LogP contribution in [-0.4, -0.2) is 105 Å². The molecule has 0 bridgehead atoms. The summed E-state index contributed by atoms with van der Waals surface area (Å²) in [5.74, 6) is -3.41. The molecule has 5 aliphatic rings. The van der Waals surface area contributed by atoms with Crippen LogP contribution in [0.3, 0.4) is 0 Å². The second-order valence-corrected chi connectivity index (χ2v) is 18.3. The number of benzene rings is 2. The number of piperidine rings is 2. The van der Waals surface area contributed by atoms with Crippen molar-refractivity contribution in [2.75, 3.05) is 72.9 Å². The van der Waals surface area contributed by atoms with Crippen molar-refractivity contribution in [3.8, 4) is 5.75 Å². The average Bonchev–Trinajstić information content (AvgIpc) is 4.07. The number of nitrogens with zero attached hydrogens (tertiary/aromatic N) is 8. The van der Waals surface area contributed by atoms with Gasteiger partial charge in [-0.2, -0.15) is 10.1 Å². The van der Waals surface area contributed by atoms with Gasteiger partial charge in [-0.05, 0) is 73.8 Å². The number of carbonyl (C=O) groups is 2. The molecule has 1 saturated carbocycles. The summed E-state index contributed by atoms with van der Waals surface area (Å²) >= 11 is 6.65. The molecule has 1 aliphatic carbocycles. The van der Waals surface area contributed by atoms with Crippen LogP contribution in [0.1, 0.15) is 50.6 Å². The summed E-state index contributed by atoms with van der Waals surface area (Å²) < 4.78 is 54.7. The second-order valence-electron chi connectivity index (χ2n) is 17.9. The van der Waals surface area contributed by atoms with E-state index >= 15 is 13.2 Å². The minimum Gasteiger partial charge on any atom is -0.480 e. The zero-order valence-electron chi connectivity index (χ0n) is 35.3. The number of aryl methyl sites for hydroxylation is 2. The normalized spacial score (nSPS) is 24.2. The zero-order valence-corrected chi connectivity index (χ0v) is 36.0. The highest BCUT2D eigenvalue weighted by Gasteiger charge is 2.51. The highest BCUT2D eigenvalue weighted by atomic mass is 35.5. The van der Waals surface area contributed by atoms with Gasteiger partial charge in [-0.1, -0.05) is 18.5 Å². The first-order chi connectivity index (χ1) is 30.2. The lowest BCUT2D eigenvalue weighted by atomic mass is 9.86. The van der Waals surface area contributed by atoms with Crippen molar-refractivity contribution in [3.05, 3.63) is 63.4 Å². The summed E-state index contributed by atoms with van der Waals surface area (Å²) in [6.07, 6.45) is 4.46. The number of pyridine rings is 1. The Hall–Kier alpha value is -5.62. The number of piperazine rings is 1. The number of hydrogen-bond donors (Lipinski definition) is 3. The fourth-order valence-corrected chi connectivity index (χ4v) is 10.1. The molecule has 1 unspecified atom stereocenters. The standard InChI is InChI=1S/C44H49ClF3N11O4/c1-23-20-59(11-10-25(23)21-57-12-14-58(15-13-57)34-18-33-29(17-31(34)46)36(54-56(33)3)27-7-9-35(60)51-41(27)61)43-49-19-30(45)40(53-43)50-26-6-8-32-28(16-26)37-38(42(62)55(32)2)63-22-44(47,48)39(52-37)24-4-5-24/h6,8,16-19,23-25,27,39,52H,4-5,7,9-15,20-22H2,1-3H3,(H,49,50,53)(H,51,60,61)/t23-,25-,27?,39+/m1/s1. The second kappa shape index (κ2) is 15.9. The number of imide groups is 1. The van der Waals surface area contributed by atoms with Crippen LogP contribution in [0, 0.1) is 23.6 Å². The first-order valence-corrected chi connectivity index (χ1v) is 22.1. The van der Waals surface area contributed by atoms with Gasteiger partial charge in [0.1, 0.15) is 10.8 Å². The Labute approximate surface area is 365 Å². The van der Waals surface area contributed by atoms with Gasteiger partial charge in [0.25, 0.3) is 5.56 Å². The van der Waals surface area contributed by atoms with Gasteiger partial charge in [0.05, 0.1) is 46.3 Å². The highest BCUT2D eigenvalue weighted by molar-refractivity contribution is 6.33. The van der Waals surface area contributed by atoms with Crippen LogP contribution in [0.5, 0.6) is 5.75 Å². The van der Waals surface area contributed by atoms with Gasteiger partial charge in [-0.15, -0.1) is 0 Å². The lowest BCUT2D eigenvalue weighted by molar-refractivity contribution is -0.134. The number of hydrogen-bond acceptors (Lipinski definition) is 12. The number of ether oxygens (including phenoxy) is 1. The number of halogens is 4. The van der Waals surface area contributed by atoms with Crippen molar-refractivity contribution in [3.63, 3.8) is 0 Å². The fraction of sp³-hybridized carbons (Fsp3) is 0.500. The Kier molecular flexibility index (Phi) is 10.4. The largest absolute Gasteiger partial charge is 0.480 e. The molecular weight excluding hydrogens is 839 g/mol. The van der Waals surface area contributed by atoms with Crippen molar-refractivity contribution >= 4 is 74.0 Å². The molecule has 4 aliphatic heterocycles. The van der Waals surface area contributed by atoms with Crippen molar-refractivity contribution < 1.29 is 27.5 Å². The number of nitrogens with one attached hydrogen (secondary N) is 3. The molecule has 7 heterocycles. The molecule has 63 heavy (non-hydrogen) atoms. The lowest BCUT2D eigenvalue weighted by Gasteiger charge is -2.42. The lowest BCUT2D eigenvalue weighted by Crippen LogP contribution is -2.50. The van der Waals surface area contributed by atoms with E-state index in [9.17, 15) is 14.4 Å². The van der Waals surface area contributed by atoms with Gasteiger partial charge < -0.3 is 29.7 Å². The van der Waals surface area contributed by atoms with E-state index in [1.54, 1.807) is 43.2 Å². The molecule has 332 valence electrons. The molecule has 3 aromatic heterocycles. The van der Waals surface area contributed by atoms with Gasteiger partial charge in [0.2, 0.25) is 23.5 Å².